The molecule has 121 heavy (non-hydrogen) atoms. The van der Waals surface area contributed by atoms with Crippen molar-refractivity contribution in [2.75, 3.05) is 58.9 Å². The first-order valence-electron chi connectivity index (χ1n) is 49.2. The van der Waals surface area contributed by atoms with Gasteiger partial charge in [0.15, 0.2) is 0 Å². The maximum absolute atomic E-state index is 8.42. The lowest BCUT2D eigenvalue weighted by molar-refractivity contribution is -0.958. The molecule has 0 heterocycles. The summed E-state index contributed by atoms with van der Waals surface area (Å²) in [7, 11) is -2.92. The van der Waals surface area contributed by atoms with E-state index in [-0.39, 0.29) is 16.2 Å². The van der Waals surface area contributed by atoms with Crippen molar-refractivity contribution >= 4 is 7.32 Å². The zero-order chi connectivity index (χ0) is 87.0. The van der Waals surface area contributed by atoms with E-state index in [2.05, 4.69) is 356 Å². The molecule has 0 aliphatic carbocycles. The first kappa shape index (κ1) is 103. The highest BCUT2D eigenvalue weighted by Crippen LogP contribution is 2.50. The zero-order valence-electron chi connectivity index (χ0n) is 78.6. The number of quaternary nitrogens is 3. The predicted molar refractivity (Wildman–Crippen MR) is 519 cm³/mol. The summed E-state index contributed by atoms with van der Waals surface area (Å²) in [5.41, 5.74) is 13.7. The van der Waals surface area contributed by atoms with E-state index in [1.165, 1.54) is 318 Å². The standard InChI is InChI=1S/3C38H56N.BO3/c3*1-5-9-29-38(35-24-18-14-19-25-35,36-26-20-15-21-27-36)30-28-37(34-22-16-13-17-23-34)39(31-10-6-2,32-11-7-3)33-12-8-4;2-1(3)4/h3*13-27,37H,5-12,28-33H2,1-4H3;/q3*+1;-3. The summed E-state index contributed by atoms with van der Waals surface area (Å²) < 4.78 is 3.77. The molecule has 0 amide bonds. The van der Waals surface area contributed by atoms with Crippen LogP contribution >= 0.6 is 0 Å². The molecule has 7 heteroatoms. The minimum Gasteiger partial charge on any atom is -0.907 e. The Hall–Kier alpha value is -7.20. The van der Waals surface area contributed by atoms with Gasteiger partial charge in [0.2, 0.25) is 0 Å². The van der Waals surface area contributed by atoms with Crippen LogP contribution in [0.3, 0.4) is 0 Å². The monoisotopic (exact) mass is 1640 g/mol. The SMILES string of the molecule is CCCCC(CCC(c1ccccc1)[N+](CCCC)(CCCC)CCCC)(c1ccccc1)c1ccccc1.CCCCC(CCC(c1ccccc1)[N+](CCCC)(CCCC)CCCC)(c1ccccc1)c1ccccc1.CCCCC(CCC(c1ccccc1)[N+](CCCC)(CCCC)CCCC)(c1ccccc1)c1ccccc1.[O-]B([O-])[O-]. The van der Waals surface area contributed by atoms with Crippen LogP contribution in [0.1, 0.15) is 363 Å². The molecule has 660 valence electrons. The van der Waals surface area contributed by atoms with E-state index in [1.54, 1.807) is 16.7 Å². The molecule has 9 aromatic carbocycles. The van der Waals surface area contributed by atoms with Crippen LogP contribution in [0, 0.1) is 0 Å². The Morgan fingerprint density at radius 1 is 0.198 bits per heavy atom. The third-order valence-electron chi connectivity index (χ3n) is 27.5. The molecule has 0 N–H and O–H groups in total. The summed E-state index contributed by atoms with van der Waals surface area (Å²) in [6.07, 6.45) is 41.5. The molecule has 3 atom stereocenters. The second-order valence-corrected chi connectivity index (χ2v) is 35.8. The normalized spacial score (nSPS) is 12.7. The van der Waals surface area contributed by atoms with Gasteiger partial charge in [0, 0.05) is 52.2 Å². The Bertz CT molecular complexity index is 3330. The van der Waals surface area contributed by atoms with Gasteiger partial charge in [0.05, 0.1) is 58.9 Å². The quantitative estimate of drug-likeness (QED) is 0.0282. The Kier molecular flexibility index (Phi) is 49.9. The number of rotatable bonds is 57. The molecule has 0 radical (unpaired) electrons. The molecule has 3 unspecified atom stereocenters. The van der Waals surface area contributed by atoms with Crippen LogP contribution in [0.15, 0.2) is 273 Å². The average molecular weight is 1640 g/mol. The summed E-state index contributed by atoms with van der Waals surface area (Å²) in [6.45, 7) is 40.0. The molecule has 0 bridgehead atoms. The fourth-order valence-corrected chi connectivity index (χ4v) is 20.7. The van der Waals surface area contributed by atoms with Gasteiger partial charge in [-0.05, 0) is 130 Å². The van der Waals surface area contributed by atoms with Gasteiger partial charge in [-0.3, -0.25) is 7.32 Å². The summed E-state index contributed by atoms with van der Waals surface area (Å²) >= 11 is 0. The van der Waals surface area contributed by atoms with Gasteiger partial charge >= 0.3 is 0 Å². The minimum absolute atomic E-state index is 0.0431. The van der Waals surface area contributed by atoms with Crippen molar-refractivity contribution in [2.24, 2.45) is 0 Å². The van der Waals surface area contributed by atoms with Crippen LogP contribution < -0.4 is 15.1 Å². The highest BCUT2D eigenvalue weighted by atomic mass is 16.5. The molecular weight excluding hydrogens is 1470 g/mol. The number of unbranched alkanes of at least 4 members (excludes halogenated alkanes) is 12. The second-order valence-electron chi connectivity index (χ2n) is 35.8. The van der Waals surface area contributed by atoms with Crippen LogP contribution in [0.5, 0.6) is 0 Å². The van der Waals surface area contributed by atoms with Crippen molar-refractivity contribution in [3.63, 3.8) is 0 Å². The third-order valence-corrected chi connectivity index (χ3v) is 27.5. The van der Waals surface area contributed by atoms with E-state index in [9.17, 15) is 0 Å². The van der Waals surface area contributed by atoms with E-state index >= 15 is 0 Å². The third kappa shape index (κ3) is 31.8. The van der Waals surface area contributed by atoms with Crippen molar-refractivity contribution < 1.29 is 28.5 Å². The van der Waals surface area contributed by atoms with Gasteiger partial charge in [-0.15, -0.1) is 0 Å². The molecule has 9 aromatic rings. The Labute approximate surface area is 742 Å². The van der Waals surface area contributed by atoms with E-state index in [0.717, 1.165) is 0 Å². The Balaban J connectivity index is 0.000000275. The van der Waals surface area contributed by atoms with E-state index in [0.29, 0.717) is 18.1 Å². The fourth-order valence-electron chi connectivity index (χ4n) is 20.7. The van der Waals surface area contributed by atoms with Crippen molar-refractivity contribution in [3.8, 4) is 0 Å². The molecule has 0 aliphatic heterocycles. The predicted octanol–water partition coefficient (Wildman–Crippen LogP) is 28.8. The molecule has 0 saturated carbocycles. The minimum atomic E-state index is -2.92. The van der Waals surface area contributed by atoms with E-state index < -0.39 is 7.32 Å². The van der Waals surface area contributed by atoms with E-state index in [1.807, 2.05) is 0 Å². The highest BCUT2D eigenvalue weighted by Gasteiger charge is 2.45. The van der Waals surface area contributed by atoms with Crippen molar-refractivity contribution in [1.29, 1.82) is 0 Å². The van der Waals surface area contributed by atoms with E-state index in [4.69, 9.17) is 15.1 Å². The number of nitrogens with zero attached hydrogens (tertiary/aromatic N) is 3. The molecule has 0 aliphatic rings. The summed E-state index contributed by atoms with van der Waals surface area (Å²) in [6, 6.07) is 105. The number of benzene rings is 9. The molecule has 0 aromatic heterocycles. The lowest BCUT2D eigenvalue weighted by atomic mass is 9.67. The first-order chi connectivity index (χ1) is 59.2. The Morgan fingerprint density at radius 2 is 0.331 bits per heavy atom. The highest BCUT2D eigenvalue weighted by molar-refractivity contribution is 6.24. The summed E-state index contributed by atoms with van der Waals surface area (Å²) in [5.74, 6) is 0. The van der Waals surface area contributed by atoms with Crippen LogP contribution in [0.2, 0.25) is 0 Å². The molecule has 0 fully saturated rings. The maximum Gasteiger partial charge on any atom is 0.115 e. The molecule has 0 spiro atoms. The molecule has 6 nitrogen and oxygen atoms in total. The van der Waals surface area contributed by atoms with Crippen LogP contribution in [-0.4, -0.2) is 79.7 Å². The second kappa shape index (κ2) is 58.8. The van der Waals surface area contributed by atoms with Gasteiger partial charge in [-0.25, -0.2) is 0 Å². The number of hydrogen-bond acceptors (Lipinski definition) is 3. The fraction of sp³-hybridized carbons (Fsp3) is 0.526. The van der Waals surface area contributed by atoms with Crippen molar-refractivity contribution in [3.05, 3.63) is 323 Å². The van der Waals surface area contributed by atoms with Gasteiger partial charge in [0.25, 0.3) is 0 Å². The van der Waals surface area contributed by atoms with Gasteiger partial charge in [-0.1, -0.05) is 452 Å². The Morgan fingerprint density at radius 3 is 0.463 bits per heavy atom. The number of hydrogen-bond donors (Lipinski definition) is 0. The molecular formula is C114H168BN3O3. The van der Waals surface area contributed by atoms with Crippen molar-refractivity contribution in [1.82, 2.24) is 0 Å². The summed E-state index contributed by atoms with van der Waals surface area (Å²) in [4.78, 5) is 0. The average Bonchev–Trinajstić information content (AvgIpc) is 0.777. The first-order valence-corrected chi connectivity index (χ1v) is 49.2. The molecule has 9 rings (SSSR count). The topological polar surface area (TPSA) is 69.2 Å². The van der Waals surface area contributed by atoms with Gasteiger partial charge < -0.3 is 28.5 Å². The lowest BCUT2D eigenvalue weighted by Crippen LogP contribution is -2.56. The van der Waals surface area contributed by atoms with Gasteiger partial charge in [0.1, 0.15) is 18.1 Å². The van der Waals surface area contributed by atoms with Crippen LogP contribution in [0.4, 0.5) is 0 Å². The zero-order valence-corrected chi connectivity index (χ0v) is 78.6. The van der Waals surface area contributed by atoms with Crippen LogP contribution in [0.25, 0.3) is 0 Å². The molecule has 0 saturated heterocycles. The lowest BCUT2D eigenvalue weighted by Gasteiger charge is -2.47. The maximum atomic E-state index is 8.42. The van der Waals surface area contributed by atoms with Crippen LogP contribution in [-0.2, 0) is 16.2 Å². The van der Waals surface area contributed by atoms with Gasteiger partial charge in [-0.2, -0.15) is 0 Å². The smallest absolute Gasteiger partial charge is 0.115 e. The van der Waals surface area contributed by atoms with Crippen molar-refractivity contribution in [2.45, 2.75) is 329 Å². The largest absolute Gasteiger partial charge is 0.907 e. The summed E-state index contributed by atoms with van der Waals surface area (Å²) in [5, 5.41) is 25.2.